The van der Waals surface area contributed by atoms with Crippen LogP contribution in [0.2, 0.25) is 0 Å². The molecular formula is C17H18N2O. The number of aromatic nitrogens is 1. The second kappa shape index (κ2) is 6.21. The number of hydrogen-bond acceptors (Lipinski definition) is 3. The summed E-state index contributed by atoms with van der Waals surface area (Å²) < 4.78 is 5.90. The fourth-order valence-electron chi connectivity index (χ4n) is 2.05. The monoisotopic (exact) mass is 266 g/mol. The summed E-state index contributed by atoms with van der Waals surface area (Å²) in [5.41, 5.74) is 2.51. The number of benzene rings is 1. The van der Waals surface area contributed by atoms with Gasteiger partial charge in [-0.25, -0.2) is 4.98 Å². The summed E-state index contributed by atoms with van der Waals surface area (Å²) in [5, 5.41) is 9.23. The number of nitriles is 1. The molecular weight excluding hydrogens is 248 g/mol. The smallest absolute Gasteiger partial charge is 0.237 e. The molecule has 0 aliphatic carbocycles. The highest BCUT2D eigenvalue weighted by atomic mass is 16.5. The number of ether oxygens (including phenoxy) is 1. The van der Waals surface area contributed by atoms with Gasteiger partial charge in [0.15, 0.2) is 0 Å². The first-order valence-electron chi connectivity index (χ1n) is 6.79. The van der Waals surface area contributed by atoms with Crippen LogP contribution in [0.4, 0.5) is 0 Å². The van der Waals surface area contributed by atoms with E-state index in [0.29, 0.717) is 17.4 Å². The molecule has 1 aromatic carbocycles. The molecule has 20 heavy (non-hydrogen) atoms. The van der Waals surface area contributed by atoms with Crippen molar-refractivity contribution in [3.63, 3.8) is 0 Å². The Morgan fingerprint density at radius 2 is 2.05 bits per heavy atom. The fraction of sp³-hybridized carbons (Fsp3) is 0.294. The molecule has 0 amide bonds. The zero-order valence-corrected chi connectivity index (χ0v) is 12.1. The van der Waals surface area contributed by atoms with Gasteiger partial charge in [-0.15, -0.1) is 0 Å². The van der Waals surface area contributed by atoms with Crippen LogP contribution >= 0.6 is 0 Å². The van der Waals surface area contributed by atoms with Crippen LogP contribution in [0, 0.1) is 18.3 Å². The van der Waals surface area contributed by atoms with Crippen molar-refractivity contribution in [2.45, 2.75) is 33.1 Å². The molecule has 1 unspecified atom stereocenters. The van der Waals surface area contributed by atoms with E-state index in [1.54, 1.807) is 6.20 Å². The van der Waals surface area contributed by atoms with Crippen LogP contribution in [-0.2, 0) is 0 Å². The maximum absolute atomic E-state index is 9.23. The van der Waals surface area contributed by atoms with Crippen molar-refractivity contribution in [3.8, 4) is 17.7 Å². The minimum Gasteiger partial charge on any atom is -0.437 e. The van der Waals surface area contributed by atoms with E-state index in [2.05, 4.69) is 31.0 Å². The predicted molar refractivity (Wildman–Crippen MR) is 78.9 cm³/mol. The van der Waals surface area contributed by atoms with Crippen LogP contribution in [0.15, 0.2) is 36.5 Å². The van der Waals surface area contributed by atoms with Crippen molar-refractivity contribution < 1.29 is 4.74 Å². The van der Waals surface area contributed by atoms with Crippen LogP contribution < -0.4 is 4.74 Å². The molecule has 0 aliphatic heterocycles. The van der Waals surface area contributed by atoms with Gasteiger partial charge >= 0.3 is 0 Å². The second-order valence-electron chi connectivity index (χ2n) is 4.87. The van der Waals surface area contributed by atoms with E-state index in [1.807, 2.05) is 31.2 Å². The Morgan fingerprint density at radius 3 is 2.75 bits per heavy atom. The highest BCUT2D eigenvalue weighted by Gasteiger charge is 2.14. The molecule has 102 valence electrons. The van der Waals surface area contributed by atoms with Crippen LogP contribution in [0.1, 0.15) is 42.9 Å². The van der Waals surface area contributed by atoms with E-state index < -0.39 is 0 Å². The normalized spacial score (nSPS) is 11.7. The number of aryl methyl sites for hydroxylation is 1. The van der Waals surface area contributed by atoms with Crippen LogP contribution in [0.3, 0.4) is 0 Å². The summed E-state index contributed by atoms with van der Waals surface area (Å²) in [6.07, 6.45) is 2.70. The van der Waals surface area contributed by atoms with Crippen molar-refractivity contribution in [1.82, 2.24) is 4.98 Å². The highest BCUT2D eigenvalue weighted by Crippen LogP contribution is 2.32. The van der Waals surface area contributed by atoms with E-state index in [-0.39, 0.29) is 0 Å². The van der Waals surface area contributed by atoms with E-state index in [4.69, 9.17) is 4.74 Å². The lowest BCUT2D eigenvalue weighted by atomic mass is 9.98. The first kappa shape index (κ1) is 14.1. The number of rotatable bonds is 4. The van der Waals surface area contributed by atoms with Crippen molar-refractivity contribution in [1.29, 1.82) is 5.26 Å². The Balaban J connectivity index is 2.41. The lowest BCUT2D eigenvalue weighted by Crippen LogP contribution is -1.99. The Kier molecular flexibility index (Phi) is 4.37. The maximum atomic E-state index is 9.23. The highest BCUT2D eigenvalue weighted by molar-refractivity contribution is 5.47. The van der Waals surface area contributed by atoms with Gasteiger partial charge in [-0.3, -0.25) is 0 Å². The van der Waals surface area contributed by atoms with Crippen molar-refractivity contribution >= 4 is 0 Å². The molecule has 1 aromatic heterocycles. The van der Waals surface area contributed by atoms with Crippen LogP contribution in [0.25, 0.3) is 0 Å². The standard InChI is InChI=1S/C17H18N2O/c1-4-12(2)14-7-5-6-8-16(14)20-17-15(11-18)13(3)9-10-19-17/h5-10,12H,4H2,1-3H3. The molecule has 0 spiro atoms. The third-order valence-electron chi connectivity index (χ3n) is 3.51. The van der Waals surface area contributed by atoms with Gasteiger partial charge in [0, 0.05) is 6.20 Å². The molecule has 2 rings (SSSR count). The first-order chi connectivity index (χ1) is 9.67. The SMILES string of the molecule is CCC(C)c1ccccc1Oc1nccc(C)c1C#N. The van der Waals surface area contributed by atoms with Crippen molar-refractivity contribution in [2.24, 2.45) is 0 Å². The minimum atomic E-state index is 0.378. The first-order valence-corrected chi connectivity index (χ1v) is 6.79. The molecule has 1 heterocycles. The van der Waals surface area contributed by atoms with E-state index in [9.17, 15) is 5.26 Å². The van der Waals surface area contributed by atoms with Gasteiger partial charge in [-0.1, -0.05) is 32.0 Å². The molecule has 3 nitrogen and oxygen atoms in total. The molecule has 0 fully saturated rings. The largest absolute Gasteiger partial charge is 0.437 e. The van der Waals surface area contributed by atoms with Gasteiger partial charge in [0.1, 0.15) is 17.4 Å². The van der Waals surface area contributed by atoms with Gasteiger partial charge in [-0.05, 0) is 42.5 Å². The van der Waals surface area contributed by atoms with Crippen LogP contribution in [0.5, 0.6) is 11.6 Å². The third kappa shape index (κ3) is 2.80. The molecule has 3 heteroatoms. The summed E-state index contributed by atoms with van der Waals surface area (Å²) in [7, 11) is 0. The van der Waals surface area contributed by atoms with Crippen LogP contribution in [-0.4, -0.2) is 4.98 Å². The van der Waals surface area contributed by atoms with E-state index in [1.165, 1.54) is 0 Å². The summed E-state index contributed by atoms with van der Waals surface area (Å²) in [6.45, 7) is 6.19. The summed E-state index contributed by atoms with van der Waals surface area (Å²) >= 11 is 0. The molecule has 0 aliphatic rings. The third-order valence-corrected chi connectivity index (χ3v) is 3.51. The molecule has 1 atom stereocenters. The molecule has 0 saturated heterocycles. The van der Waals surface area contributed by atoms with Gasteiger partial charge in [0.25, 0.3) is 0 Å². The zero-order chi connectivity index (χ0) is 14.5. The zero-order valence-electron chi connectivity index (χ0n) is 12.1. The average molecular weight is 266 g/mol. The number of para-hydroxylation sites is 1. The predicted octanol–water partition coefficient (Wildman–Crippen LogP) is 4.57. The summed E-state index contributed by atoms with van der Waals surface area (Å²) in [4.78, 5) is 4.19. The molecule has 2 aromatic rings. The molecule has 0 radical (unpaired) electrons. The van der Waals surface area contributed by atoms with Crippen molar-refractivity contribution in [2.75, 3.05) is 0 Å². The molecule has 0 saturated carbocycles. The Labute approximate surface area is 119 Å². The Morgan fingerprint density at radius 1 is 1.30 bits per heavy atom. The van der Waals surface area contributed by atoms with E-state index in [0.717, 1.165) is 23.3 Å². The Bertz CT molecular complexity index is 644. The maximum Gasteiger partial charge on any atom is 0.237 e. The lowest BCUT2D eigenvalue weighted by molar-refractivity contribution is 0.450. The molecule has 0 N–H and O–H groups in total. The fourth-order valence-corrected chi connectivity index (χ4v) is 2.05. The molecule has 0 bridgehead atoms. The average Bonchev–Trinajstić information content (AvgIpc) is 2.47. The van der Waals surface area contributed by atoms with Crippen molar-refractivity contribution in [3.05, 3.63) is 53.2 Å². The number of nitrogens with zero attached hydrogens (tertiary/aromatic N) is 2. The van der Waals surface area contributed by atoms with Gasteiger partial charge < -0.3 is 4.74 Å². The van der Waals surface area contributed by atoms with Gasteiger partial charge in [0.05, 0.1) is 0 Å². The van der Waals surface area contributed by atoms with E-state index >= 15 is 0 Å². The van der Waals surface area contributed by atoms with Gasteiger partial charge in [0.2, 0.25) is 5.88 Å². The number of hydrogen-bond donors (Lipinski definition) is 0. The quantitative estimate of drug-likeness (QED) is 0.814. The number of pyridine rings is 1. The second-order valence-corrected chi connectivity index (χ2v) is 4.87. The lowest BCUT2D eigenvalue weighted by Gasteiger charge is -2.15. The summed E-state index contributed by atoms with van der Waals surface area (Å²) in [5.74, 6) is 1.56. The summed E-state index contributed by atoms with van der Waals surface area (Å²) in [6, 6.07) is 11.9. The topological polar surface area (TPSA) is 45.9 Å². The Hall–Kier alpha value is -2.34. The minimum absolute atomic E-state index is 0.378. The van der Waals surface area contributed by atoms with Gasteiger partial charge in [-0.2, -0.15) is 5.26 Å².